The van der Waals surface area contributed by atoms with Crippen molar-refractivity contribution in [1.29, 1.82) is 0 Å². The summed E-state index contributed by atoms with van der Waals surface area (Å²) in [7, 11) is -0.165. The molecule has 0 N–H and O–H groups in total. The molecule has 0 saturated carbocycles. The topological polar surface area (TPSA) is 59.1 Å². The van der Waals surface area contributed by atoms with Crippen molar-refractivity contribution in [2.75, 3.05) is 47.0 Å². The fraction of sp³-hybridized carbons (Fsp3) is 0.684. The third kappa shape index (κ3) is 5.94. The van der Waals surface area contributed by atoms with Crippen molar-refractivity contribution in [3.05, 3.63) is 29.8 Å². The van der Waals surface area contributed by atoms with Crippen LogP contribution in [-0.2, 0) is 21.4 Å². The number of ether oxygens (including phenoxy) is 2. The lowest BCUT2D eigenvalue weighted by atomic mass is 9.91. The molecule has 6 nitrogen and oxygen atoms in total. The number of hydrogen-bond donors (Lipinski definition) is 0. The van der Waals surface area contributed by atoms with Gasteiger partial charge in [-0.05, 0) is 56.2 Å². The van der Waals surface area contributed by atoms with E-state index in [-0.39, 0.29) is 0 Å². The summed E-state index contributed by atoms with van der Waals surface area (Å²) in [6, 6.07) is 8.28. The molecule has 1 heterocycles. The number of aryl methyl sites for hydroxylation is 1. The van der Waals surface area contributed by atoms with E-state index in [1.165, 1.54) is 9.87 Å². The van der Waals surface area contributed by atoms with Crippen molar-refractivity contribution < 1.29 is 17.9 Å². The third-order valence-electron chi connectivity index (χ3n) is 4.98. The first-order valence-electron chi connectivity index (χ1n) is 9.39. The Kier molecular flexibility index (Phi) is 8.34. The second-order valence-electron chi connectivity index (χ2n) is 6.78. The Balaban J connectivity index is 1.77. The number of methoxy groups -OCH3 is 1. The van der Waals surface area contributed by atoms with Crippen molar-refractivity contribution in [3.8, 4) is 5.75 Å². The third-order valence-corrected chi connectivity index (χ3v) is 6.97. The average Bonchev–Trinajstić information content (AvgIpc) is 2.66. The maximum Gasteiger partial charge on any atom is 0.281 e. The van der Waals surface area contributed by atoms with Gasteiger partial charge in [0.15, 0.2) is 0 Å². The maximum absolute atomic E-state index is 12.5. The van der Waals surface area contributed by atoms with Gasteiger partial charge in [-0.1, -0.05) is 12.1 Å². The van der Waals surface area contributed by atoms with Crippen LogP contribution in [0.5, 0.6) is 5.75 Å². The summed E-state index contributed by atoms with van der Waals surface area (Å²) in [6.07, 6.45) is 3.97. The number of rotatable bonds is 10. The maximum atomic E-state index is 12.5. The fourth-order valence-electron chi connectivity index (χ4n) is 3.25. The van der Waals surface area contributed by atoms with Gasteiger partial charge in [-0.15, -0.1) is 0 Å². The first kappa shape index (κ1) is 21.2. The molecule has 1 saturated heterocycles. The first-order chi connectivity index (χ1) is 12.5. The minimum atomic E-state index is -3.36. The van der Waals surface area contributed by atoms with E-state index in [0.29, 0.717) is 38.8 Å². The van der Waals surface area contributed by atoms with Gasteiger partial charge in [0.25, 0.3) is 10.2 Å². The zero-order chi connectivity index (χ0) is 19.0. The van der Waals surface area contributed by atoms with Crippen LogP contribution in [-0.4, -0.2) is 64.0 Å². The van der Waals surface area contributed by atoms with Crippen LogP contribution >= 0.6 is 0 Å². The standard InChI is InChI=1S/C19H32N2O4S/c1-4-25-19-9-7-17(8-10-19)5-6-18-11-13-21(14-12-18)26(22,23)20(2)15-16-24-3/h7-10,18H,4-6,11-16H2,1-3H3. The van der Waals surface area contributed by atoms with Crippen LogP contribution in [0.2, 0.25) is 0 Å². The summed E-state index contributed by atoms with van der Waals surface area (Å²) < 4.78 is 38.5. The van der Waals surface area contributed by atoms with Gasteiger partial charge in [0.05, 0.1) is 13.2 Å². The van der Waals surface area contributed by atoms with Crippen molar-refractivity contribution >= 4 is 10.2 Å². The average molecular weight is 385 g/mol. The highest BCUT2D eigenvalue weighted by Gasteiger charge is 2.30. The van der Waals surface area contributed by atoms with Crippen LogP contribution in [0.15, 0.2) is 24.3 Å². The van der Waals surface area contributed by atoms with Crippen LogP contribution in [0.4, 0.5) is 0 Å². The highest BCUT2D eigenvalue weighted by molar-refractivity contribution is 7.86. The molecule has 1 aromatic rings. The number of likely N-dealkylation sites (N-methyl/N-ethyl adjacent to an activating group) is 1. The fourth-order valence-corrected chi connectivity index (χ4v) is 4.62. The number of hydrogen-bond acceptors (Lipinski definition) is 4. The van der Waals surface area contributed by atoms with Gasteiger partial charge in [-0.25, -0.2) is 0 Å². The first-order valence-corrected chi connectivity index (χ1v) is 10.8. The van der Waals surface area contributed by atoms with Crippen molar-refractivity contribution in [3.63, 3.8) is 0 Å². The molecule has 0 amide bonds. The lowest BCUT2D eigenvalue weighted by molar-refractivity contribution is 0.179. The van der Waals surface area contributed by atoms with Gasteiger partial charge in [0, 0.05) is 33.8 Å². The molecule has 1 aliphatic heterocycles. The molecule has 148 valence electrons. The number of benzene rings is 1. The van der Waals surface area contributed by atoms with E-state index in [9.17, 15) is 8.42 Å². The molecule has 0 radical (unpaired) electrons. The quantitative estimate of drug-likeness (QED) is 0.622. The Bertz CT molecular complexity index is 625. The molecular weight excluding hydrogens is 352 g/mol. The summed E-state index contributed by atoms with van der Waals surface area (Å²) in [5, 5.41) is 0. The predicted octanol–water partition coefficient (Wildman–Crippen LogP) is 2.55. The molecule has 0 atom stereocenters. The summed E-state index contributed by atoms with van der Waals surface area (Å²) in [5.41, 5.74) is 1.31. The zero-order valence-corrected chi connectivity index (χ0v) is 17.0. The minimum Gasteiger partial charge on any atom is -0.494 e. The summed E-state index contributed by atoms with van der Waals surface area (Å²) in [4.78, 5) is 0. The van der Waals surface area contributed by atoms with Crippen LogP contribution in [0, 0.1) is 5.92 Å². The van der Waals surface area contributed by atoms with E-state index >= 15 is 0 Å². The Morgan fingerprint density at radius 3 is 2.42 bits per heavy atom. The van der Waals surface area contributed by atoms with E-state index in [1.807, 2.05) is 19.1 Å². The monoisotopic (exact) mass is 384 g/mol. The number of nitrogens with zero attached hydrogens (tertiary/aromatic N) is 2. The van der Waals surface area contributed by atoms with Crippen LogP contribution in [0.1, 0.15) is 31.7 Å². The molecule has 0 spiro atoms. The second-order valence-corrected chi connectivity index (χ2v) is 8.82. The van der Waals surface area contributed by atoms with Crippen molar-refractivity contribution in [2.24, 2.45) is 5.92 Å². The van der Waals surface area contributed by atoms with Gasteiger partial charge < -0.3 is 9.47 Å². The van der Waals surface area contributed by atoms with E-state index in [1.54, 1.807) is 18.5 Å². The zero-order valence-electron chi connectivity index (χ0n) is 16.2. The molecule has 2 rings (SSSR count). The molecule has 0 bridgehead atoms. The molecular formula is C19H32N2O4S. The van der Waals surface area contributed by atoms with Gasteiger partial charge in [0.1, 0.15) is 5.75 Å². The largest absolute Gasteiger partial charge is 0.494 e. The van der Waals surface area contributed by atoms with Crippen LogP contribution in [0.25, 0.3) is 0 Å². The van der Waals surface area contributed by atoms with E-state index < -0.39 is 10.2 Å². The van der Waals surface area contributed by atoms with Crippen molar-refractivity contribution in [2.45, 2.75) is 32.6 Å². The minimum absolute atomic E-state index is 0.385. The lowest BCUT2D eigenvalue weighted by Crippen LogP contribution is -2.46. The van der Waals surface area contributed by atoms with Crippen LogP contribution in [0.3, 0.4) is 0 Å². The van der Waals surface area contributed by atoms with Gasteiger partial charge in [-0.3, -0.25) is 0 Å². The molecule has 7 heteroatoms. The SMILES string of the molecule is CCOc1ccc(CCC2CCN(S(=O)(=O)N(C)CCOC)CC2)cc1. The normalized spacial score (nSPS) is 16.9. The Hall–Kier alpha value is -1.15. The van der Waals surface area contributed by atoms with E-state index in [4.69, 9.17) is 9.47 Å². The highest BCUT2D eigenvalue weighted by Crippen LogP contribution is 2.25. The van der Waals surface area contributed by atoms with E-state index in [2.05, 4.69) is 12.1 Å². The molecule has 0 aliphatic carbocycles. The Morgan fingerprint density at radius 2 is 1.85 bits per heavy atom. The van der Waals surface area contributed by atoms with Gasteiger partial charge in [-0.2, -0.15) is 17.0 Å². The Morgan fingerprint density at radius 1 is 1.19 bits per heavy atom. The molecule has 0 unspecified atom stereocenters. The Labute approximate surface area is 158 Å². The molecule has 1 aromatic carbocycles. The summed E-state index contributed by atoms with van der Waals surface area (Å²) >= 11 is 0. The van der Waals surface area contributed by atoms with Crippen LogP contribution < -0.4 is 4.74 Å². The molecule has 0 aromatic heterocycles. The smallest absolute Gasteiger partial charge is 0.281 e. The summed E-state index contributed by atoms with van der Waals surface area (Å²) in [6.45, 7) is 4.67. The predicted molar refractivity (Wildman–Crippen MR) is 104 cm³/mol. The van der Waals surface area contributed by atoms with Crippen molar-refractivity contribution in [1.82, 2.24) is 8.61 Å². The lowest BCUT2D eigenvalue weighted by Gasteiger charge is -2.33. The summed E-state index contributed by atoms with van der Waals surface area (Å²) in [5.74, 6) is 1.49. The molecule has 26 heavy (non-hydrogen) atoms. The molecule has 1 fully saturated rings. The van der Waals surface area contributed by atoms with Gasteiger partial charge >= 0.3 is 0 Å². The highest BCUT2D eigenvalue weighted by atomic mass is 32.2. The van der Waals surface area contributed by atoms with E-state index in [0.717, 1.165) is 31.4 Å². The molecule has 1 aliphatic rings. The van der Waals surface area contributed by atoms with Gasteiger partial charge in [0.2, 0.25) is 0 Å². The number of piperidine rings is 1. The second kappa shape index (κ2) is 10.3.